The van der Waals surface area contributed by atoms with Crippen molar-refractivity contribution < 1.29 is 14.6 Å². The molecule has 21 heavy (non-hydrogen) atoms. The van der Waals surface area contributed by atoms with Crippen LogP contribution >= 0.6 is 15.9 Å². The number of nitro benzene ring substituents is 2. The molecule has 0 radical (unpaired) electrons. The molecule has 0 aromatic heterocycles. The van der Waals surface area contributed by atoms with E-state index in [9.17, 15) is 25.0 Å². The SMILES string of the molecule is CCNc1cc(CC(Br)C(N)=O)c([N+](=O)[O-])cc1[N+](=O)[O-]. The summed E-state index contributed by atoms with van der Waals surface area (Å²) in [6, 6.07) is 2.19. The summed E-state index contributed by atoms with van der Waals surface area (Å²) in [5.74, 6) is -0.673. The smallest absolute Gasteiger partial charge is 0.299 e. The van der Waals surface area contributed by atoms with Gasteiger partial charge < -0.3 is 11.1 Å². The van der Waals surface area contributed by atoms with Crippen molar-refractivity contribution >= 4 is 38.9 Å². The Bertz CT molecular complexity index is 592. The molecule has 0 aliphatic carbocycles. The van der Waals surface area contributed by atoms with Gasteiger partial charge in [0.1, 0.15) is 5.69 Å². The van der Waals surface area contributed by atoms with Crippen LogP contribution in [0.4, 0.5) is 17.1 Å². The third kappa shape index (κ3) is 4.12. The number of benzene rings is 1. The molecular weight excluding hydrogens is 348 g/mol. The van der Waals surface area contributed by atoms with Crippen molar-refractivity contribution in [2.45, 2.75) is 18.2 Å². The fourth-order valence-electron chi connectivity index (χ4n) is 1.73. The van der Waals surface area contributed by atoms with Crippen molar-refractivity contribution in [3.63, 3.8) is 0 Å². The molecule has 1 aromatic carbocycles. The van der Waals surface area contributed by atoms with Crippen LogP contribution in [-0.2, 0) is 11.2 Å². The maximum absolute atomic E-state index is 11.1. The quantitative estimate of drug-likeness (QED) is 0.430. The number of hydrogen-bond acceptors (Lipinski definition) is 6. The highest BCUT2D eigenvalue weighted by Gasteiger charge is 2.26. The molecule has 0 saturated heterocycles. The molecule has 0 aliphatic rings. The Hall–Kier alpha value is -2.23. The number of carbonyl (C=O) groups is 1. The molecule has 1 amide bonds. The fraction of sp³-hybridized carbons (Fsp3) is 0.364. The van der Waals surface area contributed by atoms with Crippen LogP contribution in [0.25, 0.3) is 0 Å². The molecule has 0 bridgehead atoms. The minimum absolute atomic E-state index is 0.0396. The van der Waals surface area contributed by atoms with Gasteiger partial charge in [-0.25, -0.2) is 0 Å². The number of amides is 1. The normalized spacial score (nSPS) is 11.7. The van der Waals surface area contributed by atoms with Gasteiger partial charge in [-0.05, 0) is 13.0 Å². The van der Waals surface area contributed by atoms with Crippen LogP contribution in [0.15, 0.2) is 12.1 Å². The summed E-state index contributed by atoms with van der Waals surface area (Å²) in [5, 5.41) is 24.8. The first-order valence-corrected chi connectivity index (χ1v) is 6.82. The number of nitro groups is 2. The maximum Gasteiger partial charge on any atom is 0.299 e. The van der Waals surface area contributed by atoms with Crippen molar-refractivity contribution in [1.29, 1.82) is 0 Å². The maximum atomic E-state index is 11.1. The molecule has 0 fully saturated rings. The lowest BCUT2D eigenvalue weighted by Crippen LogP contribution is -2.25. The van der Waals surface area contributed by atoms with Gasteiger partial charge >= 0.3 is 0 Å². The van der Waals surface area contributed by atoms with E-state index in [-0.39, 0.29) is 17.7 Å². The van der Waals surface area contributed by atoms with Gasteiger partial charge in [0.15, 0.2) is 0 Å². The molecular formula is C11H13BrN4O5. The minimum Gasteiger partial charge on any atom is -0.380 e. The zero-order valence-corrected chi connectivity index (χ0v) is 12.6. The fourth-order valence-corrected chi connectivity index (χ4v) is 2.08. The van der Waals surface area contributed by atoms with Crippen LogP contribution in [0.2, 0.25) is 0 Å². The summed E-state index contributed by atoms with van der Waals surface area (Å²) in [5.41, 5.74) is 4.63. The van der Waals surface area contributed by atoms with Gasteiger partial charge in [-0.3, -0.25) is 25.0 Å². The Balaban J connectivity index is 3.39. The van der Waals surface area contributed by atoms with Gasteiger partial charge in [-0.15, -0.1) is 0 Å². The van der Waals surface area contributed by atoms with Crippen LogP contribution in [0, 0.1) is 20.2 Å². The van der Waals surface area contributed by atoms with Crippen molar-refractivity contribution in [3.8, 4) is 0 Å². The molecule has 1 atom stereocenters. The molecule has 1 unspecified atom stereocenters. The first-order chi connectivity index (χ1) is 9.77. The van der Waals surface area contributed by atoms with E-state index in [4.69, 9.17) is 5.73 Å². The zero-order valence-electron chi connectivity index (χ0n) is 11.0. The predicted octanol–water partition coefficient (Wildman–Crippen LogP) is 1.73. The van der Waals surface area contributed by atoms with Crippen LogP contribution in [0.3, 0.4) is 0 Å². The average Bonchev–Trinajstić information content (AvgIpc) is 2.38. The highest BCUT2D eigenvalue weighted by atomic mass is 79.9. The van der Waals surface area contributed by atoms with Crippen LogP contribution in [0.5, 0.6) is 0 Å². The zero-order chi connectivity index (χ0) is 16.2. The van der Waals surface area contributed by atoms with E-state index in [1.165, 1.54) is 6.07 Å². The third-order valence-electron chi connectivity index (χ3n) is 2.67. The van der Waals surface area contributed by atoms with Crippen molar-refractivity contribution in [2.75, 3.05) is 11.9 Å². The second-order valence-corrected chi connectivity index (χ2v) is 5.22. The summed E-state index contributed by atoms with van der Waals surface area (Å²) in [6.45, 7) is 2.15. The Kier molecular flexibility index (Phi) is 5.59. The van der Waals surface area contributed by atoms with Gasteiger partial charge in [0, 0.05) is 18.5 Å². The Morgan fingerprint density at radius 1 is 1.33 bits per heavy atom. The molecule has 3 N–H and O–H groups in total. The Morgan fingerprint density at radius 2 is 1.90 bits per heavy atom. The summed E-state index contributed by atoms with van der Waals surface area (Å²) in [6.07, 6.45) is -0.0396. The number of halogens is 1. The Labute approximate surface area is 127 Å². The van der Waals surface area contributed by atoms with Gasteiger partial charge in [-0.1, -0.05) is 15.9 Å². The van der Waals surface area contributed by atoms with E-state index in [0.717, 1.165) is 6.07 Å². The summed E-state index contributed by atoms with van der Waals surface area (Å²) >= 11 is 3.02. The summed E-state index contributed by atoms with van der Waals surface area (Å²) in [4.78, 5) is 30.9. The highest BCUT2D eigenvalue weighted by molar-refractivity contribution is 9.10. The first kappa shape index (κ1) is 16.8. The number of nitrogens with two attached hydrogens (primary N) is 1. The van der Waals surface area contributed by atoms with E-state index < -0.39 is 32.0 Å². The molecule has 1 aromatic rings. The molecule has 1 rings (SSSR count). The van der Waals surface area contributed by atoms with Crippen molar-refractivity contribution in [3.05, 3.63) is 37.9 Å². The predicted molar refractivity (Wildman–Crippen MR) is 79.5 cm³/mol. The molecule has 0 aliphatic heterocycles. The van der Waals surface area contributed by atoms with E-state index in [1.54, 1.807) is 6.92 Å². The monoisotopic (exact) mass is 360 g/mol. The molecule has 0 saturated carbocycles. The molecule has 10 heteroatoms. The number of nitrogens with one attached hydrogen (secondary N) is 1. The van der Waals surface area contributed by atoms with Gasteiger partial charge in [-0.2, -0.15) is 0 Å². The largest absolute Gasteiger partial charge is 0.380 e. The summed E-state index contributed by atoms with van der Waals surface area (Å²) < 4.78 is 0. The highest BCUT2D eigenvalue weighted by Crippen LogP contribution is 2.33. The standard InChI is InChI=1S/C11H13BrN4O5/c1-2-14-8-4-6(3-7(12)11(13)17)9(15(18)19)5-10(8)16(20)21/h4-5,7,14H,2-3H2,1H3,(H2,13,17). The number of rotatable bonds is 7. The molecule has 9 nitrogen and oxygen atoms in total. The second-order valence-electron chi connectivity index (χ2n) is 4.12. The van der Waals surface area contributed by atoms with Crippen molar-refractivity contribution in [2.24, 2.45) is 5.73 Å². The number of nitrogens with zero attached hydrogens (tertiary/aromatic N) is 2. The topological polar surface area (TPSA) is 141 Å². The van der Waals surface area contributed by atoms with Gasteiger partial charge in [0.25, 0.3) is 11.4 Å². The van der Waals surface area contributed by atoms with Crippen molar-refractivity contribution in [1.82, 2.24) is 0 Å². The van der Waals surface area contributed by atoms with E-state index in [1.807, 2.05) is 0 Å². The number of hydrogen-bond donors (Lipinski definition) is 2. The third-order valence-corrected chi connectivity index (χ3v) is 3.44. The lowest BCUT2D eigenvalue weighted by molar-refractivity contribution is -0.394. The molecule has 0 spiro atoms. The lowest BCUT2D eigenvalue weighted by atomic mass is 10.0. The van der Waals surface area contributed by atoms with E-state index in [0.29, 0.717) is 6.54 Å². The minimum atomic E-state index is -0.799. The number of anilines is 1. The van der Waals surface area contributed by atoms with E-state index >= 15 is 0 Å². The van der Waals surface area contributed by atoms with Gasteiger partial charge in [0.2, 0.25) is 5.91 Å². The van der Waals surface area contributed by atoms with Gasteiger partial charge in [0.05, 0.1) is 20.7 Å². The average molecular weight is 361 g/mol. The Morgan fingerprint density at radius 3 is 2.33 bits per heavy atom. The molecule has 114 valence electrons. The van der Waals surface area contributed by atoms with Crippen LogP contribution < -0.4 is 11.1 Å². The lowest BCUT2D eigenvalue weighted by Gasteiger charge is -2.10. The van der Waals surface area contributed by atoms with Crippen LogP contribution in [0.1, 0.15) is 12.5 Å². The number of primary amides is 1. The molecule has 0 heterocycles. The van der Waals surface area contributed by atoms with Crippen LogP contribution in [-0.4, -0.2) is 27.1 Å². The summed E-state index contributed by atoms with van der Waals surface area (Å²) in [7, 11) is 0. The van der Waals surface area contributed by atoms with E-state index in [2.05, 4.69) is 21.2 Å². The second kappa shape index (κ2) is 6.97. The first-order valence-electron chi connectivity index (χ1n) is 5.90. The number of carbonyl (C=O) groups excluding carboxylic acids is 1. The number of alkyl halides is 1.